The second kappa shape index (κ2) is 5.07. The molecule has 1 aromatic heterocycles. The van der Waals surface area contributed by atoms with Gasteiger partial charge in [0.25, 0.3) is 5.91 Å². The van der Waals surface area contributed by atoms with Gasteiger partial charge in [-0.25, -0.2) is 4.68 Å². The molecule has 0 atom stereocenters. The minimum atomic E-state index is -0.132. The predicted octanol–water partition coefficient (Wildman–Crippen LogP) is -0.0477. The van der Waals surface area contributed by atoms with Crippen molar-refractivity contribution in [2.45, 2.75) is 25.8 Å². The molecule has 16 heavy (non-hydrogen) atoms. The maximum absolute atomic E-state index is 11.6. The number of carbonyl (C=O) groups excluding carboxylic acids is 1. The van der Waals surface area contributed by atoms with Crippen LogP contribution in [0.3, 0.4) is 0 Å². The molecule has 2 rings (SSSR count). The van der Waals surface area contributed by atoms with Crippen LogP contribution >= 0.6 is 0 Å². The van der Waals surface area contributed by atoms with Gasteiger partial charge in [-0.1, -0.05) is 18.6 Å². The third-order valence-electron chi connectivity index (χ3n) is 2.69. The van der Waals surface area contributed by atoms with Crippen molar-refractivity contribution in [3.05, 3.63) is 11.9 Å². The average molecular weight is 223 g/mol. The lowest BCUT2D eigenvalue weighted by Crippen LogP contribution is -2.43. The minimum Gasteiger partial charge on any atom is -0.351 e. The minimum absolute atomic E-state index is 0.132. The summed E-state index contributed by atoms with van der Waals surface area (Å²) in [6, 6.07) is 0.352. The largest absolute Gasteiger partial charge is 0.351 e. The zero-order valence-corrected chi connectivity index (χ0v) is 9.44. The maximum Gasteiger partial charge on any atom is 0.273 e. The van der Waals surface area contributed by atoms with Crippen molar-refractivity contribution in [2.75, 3.05) is 19.6 Å². The summed E-state index contributed by atoms with van der Waals surface area (Å²) in [5.74, 6) is -0.132. The van der Waals surface area contributed by atoms with Gasteiger partial charge in [0.15, 0.2) is 5.69 Å². The van der Waals surface area contributed by atoms with Gasteiger partial charge in [-0.3, -0.25) is 4.79 Å². The molecule has 0 bridgehead atoms. The summed E-state index contributed by atoms with van der Waals surface area (Å²) >= 11 is 0. The summed E-state index contributed by atoms with van der Waals surface area (Å²) in [7, 11) is 0. The Morgan fingerprint density at radius 2 is 2.50 bits per heavy atom. The molecule has 1 amide bonds. The zero-order valence-electron chi connectivity index (χ0n) is 9.44. The number of carbonyl (C=O) groups is 1. The van der Waals surface area contributed by atoms with E-state index in [-0.39, 0.29) is 5.91 Å². The van der Waals surface area contributed by atoms with Gasteiger partial charge < -0.3 is 10.6 Å². The molecule has 2 heterocycles. The quantitative estimate of drug-likeness (QED) is 0.687. The second-order valence-electron chi connectivity index (χ2n) is 4.01. The Hall–Kier alpha value is -1.43. The molecule has 0 spiro atoms. The summed E-state index contributed by atoms with van der Waals surface area (Å²) in [4.78, 5) is 11.6. The highest BCUT2D eigenvalue weighted by Crippen LogP contribution is 2.09. The van der Waals surface area contributed by atoms with E-state index >= 15 is 0 Å². The Morgan fingerprint density at radius 1 is 1.69 bits per heavy atom. The molecule has 0 aromatic carbocycles. The molecule has 0 aliphatic carbocycles. The standard InChI is InChI=1S/C10H17N5O/c1-2-3-4-12-10(16)9-7-15(14-13-9)8-5-11-6-8/h7-8,11H,2-6H2,1H3,(H,12,16). The Kier molecular flexibility index (Phi) is 3.51. The third-order valence-corrected chi connectivity index (χ3v) is 2.69. The molecule has 0 unspecified atom stereocenters. The number of aromatic nitrogens is 3. The summed E-state index contributed by atoms with van der Waals surface area (Å²) in [5.41, 5.74) is 0.406. The molecular weight excluding hydrogens is 206 g/mol. The molecular formula is C10H17N5O. The molecule has 2 N–H and O–H groups in total. The Morgan fingerprint density at radius 3 is 3.12 bits per heavy atom. The number of amides is 1. The Balaban J connectivity index is 1.87. The molecule has 0 radical (unpaired) electrons. The monoisotopic (exact) mass is 223 g/mol. The molecule has 1 fully saturated rings. The lowest BCUT2D eigenvalue weighted by atomic mass is 10.2. The molecule has 1 aliphatic heterocycles. The van der Waals surface area contributed by atoms with Gasteiger partial charge in [0.1, 0.15) is 0 Å². The summed E-state index contributed by atoms with van der Waals surface area (Å²) in [6.45, 7) is 4.60. The van der Waals surface area contributed by atoms with Crippen molar-refractivity contribution in [1.82, 2.24) is 25.6 Å². The van der Waals surface area contributed by atoms with Crippen molar-refractivity contribution >= 4 is 5.91 Å². The smallest absolute Gasteiger partial charge is 0.273 e. The first-order chi connectivity index (χ1) is 7.81. The molecule has 0 saturated carbocycles. The fraction of sp³-hybridized carbons (Fsp3) is 0.700. The van der Waals surface area contributed by atoms with Gasteiger partial charge in [0, 0.05) is 19.6 Å². The van der Waals surface area contributed by atoms with Crippen molar-refractivity contribution in [3.8, 4) is 0 Å². The van der Waals surface area contributed by atoms with Crippen LogP contribution < -0.4 is 10.6 Å². The van der Waals surface area contributed by atoms with Crippen molar-refractivity contribution in [1.29, 1.82) is 0 Å². The van der Waals surface area contributed by atoms with Crippen molar-refractivity contribution < 1.29 is 4.79 Å². The summed E-state index contributed by atoms with van der Waals surface area (Å²) in [5, 5.41) is 13.8. The molecule has 1 saturated heterocycles. The van der Waals surface area contributed by atoms with E-state index in [0.29, 0.717) is 18.3 Å². The topological polar surface area (TPSA) is 71.8 Å². The van der Waals surface area contributed by atoms with Gasteiger partial charge in [-0.05, 0) is 6.42 Å². The van der Waals surface area contributed by atoms with E-state index in [4.69, 9.17) is 0 Å². The normalized spacial score (nSPS) is 15.8. The SMILES string of the molecule is CCCCNC(=O)c1cn(C2CNC2)nn1. The van der Waals surface area contributed by atoms with Crippen LogP contribution in [-0.2, 0) is 0 Å². The van der Waals surface area contributed by atoms with Gasteiger partial charge in [0.05, 0.1) is 12.2 Å². The number of hydrogen-bond donors (Lipinski definition) is 2. The Bertz CT molecular complexity index is 358. The van der Waals surface area contributed by atoms with Gasteiger partial charge in [0.2, 0.25) is 0 Å². The van der Waals surface area contributed by atoms with Crippen LogP contribution in [-0.4, -0.2) is 40.5 Å². The highest BCUT2D eigenvalue weighted by molar-refractivity contribution is 5.91. The zero-order chi connectivity index (χ0) is 11.4. The first-order valence-corrected chi connectivity index (χ1v) is 5.72. The first kappa shape index (κ1) is 11.1. The van der Waals surface area contributed by atoms with Crippen LogP contribution in [0.5, 0.6) is 0 Å². The molecule has 6 heteroatoms. The van der Waals surface area contributed by atoms with Crippen LogP contribution in [0.15, 0.2) is 6.20 Å². The lowest BCUT2D eigenvalue weighted by molar-refractivity contribution is 0.0948. The van der Waals surface area contributed by atoms with Crippen molar-refractivity contribution in [2.24, 2.45) is 0 Å². The average Bonchev–Trinajstić information content (AvgIpc) is 2.64. The number of nitrogens with zero attached hydrogens (tertiary/aromatic N) is 3. The van der Waals surface area contributed by atoms with E-state index in [1.54, 1.807) is 10.9 Å². The van der Waals surface area contributed by atoms with Gasteiger partial charge in [-0.2, -0.15) is 0 Å². The van der Waals surface area contributed by atoms with Crippen LogP contribution in [0.2, 0.25) is 0 Å². The third kappa shape index (κ3) is 2.38. The van der Waals surface area contributed by atoms with Crippen LogP contribution in [0.1, 0.15) is 36.3 Å². The Labute approximate surface area is 94.4 Å². The fourth-order valence-electron chi connectivity index (χ4n) is 1.49. The summed E-state index contributed by atoms with van der Waals surface area (Å²) < 4.78 is 1.76. The first-order valence-electron chi connectivity index (χ1n) is 5.72. The van der Waals surface area contributed by atoms with Gasteiger partial charge >= 0.3 is 0 Å². The van der Waals surface area contributed by atoms with E-state index in [2.05, 4.69) is 27.9 Å². The van der Waals surface area contributed by atoms with Crippen LogP contribution in [0, 0.1) is 0 Å². The number of nitrogens with one attached hydrogen (secondary N) is 2. The van der Waals surface area contributed by atoms with E-state index in [1.165, 1.54) is 0 Å². The molecule has 1 aliphatic rings. The van der Waals surface area contributed by atoms with E-state index in [9.17, 15) is 4.79 Å². The molecule has 6 nitrogen and oxygen atoms in total. The predicted molar refractivity (Wildman–Crippen MR) is 59.2 cm³/mol. The lowest BCUT2D eigenvalue weighted by Gasteiger charge is -2.26. The van der Waals surface area contributed by atoms with Gasteiger partial charge in [-0.15, -0.1) is 5.10 Å². The molecule has 1 aromatic rings. The van der Waals surface area contributed by atoms with E-state index in [1.807, 2.05) is 0 Å². The van der Waals surface area contributed by atoms with Crippen LogP contribution in [0.4, 0.5) is 0 Å². The molecule has 88 valence electrons. The highest BCUT2D eigenvalue weighted by atomic mass is 16.2. The number of hydrogen-bond acceptors (Lipinski definition) is 4. The number of unbranched alkanes of at least 4 members (excludes halogenated alkanes) is 1. The van der Waals surface area contributed by atoms with E-state index < -0.39 is 0 Å². The van der Waals surface area contributed by atoms with Crippen LogP contribution in [0.25, 0.3) is 0 Å². The fourth-order valence-corrected chi connectivity index (χ4v) is 1.49. The van der Waals surface area contributed by atoms with Crippen molar-refractivity contribution in [3.63, 3.8) is 0 Å². The highest BCUT2D eigenvalue weighted by Gasteiger charge is 2.21. The second-order valence-corrected chi connectivity index (χ2v) is 4.01. The maximum atomic E-state index is 11.6. The van der Waals surface area contributed by atoms with E-state index in [0.717, 1.165) is 25.9 Å². The number of rotatable bonds is 5. The summed E-state index contributed by atoms with van der Waals surface area (Å²) in [6.07, 6.45) is 3.78.